The summed E-state index contributed by atoms with van der Waals surface area (Å²) < 4.78 is 2.18. The zero-order valence-corrected chi connectivity index (χ0v) is 12.0. The molecule has 0 radical (unpaired) electrons. The van der Waals surface area contributed by atoms with Gasteiger partial charge in [0.25, 0.3) is 0 Å². The smallest absolute Gasteiger partial charge is 0.337 e. The van der Waals surface area contributed by atoms with Gasteiger partial charge in [-0.3, -0.25) is 0 Å². The number of rotatable bonds is 5. The number of benzene rings is 1. The van der Waals surface area contributed by atoms with Crippen molar-refractivity contribution in [3.8, 4) is 0 Å². The van der Waals surface area contributed by atoms with Crippen LogP contribution in [0.5, 0.6) is 0 Å². The third-order valence-electron chi connectivity index (χ3n) is 4.06. The summed E-state index contributed by atoms with van der Waals surface area (Å²) in [5, 5.41) is 9.44. The molecule has 1 aliphatic rings. The molecule has 1 aromatic carbocycles. The maximum atomic E-state index is 11.5. The highest BCUT2D eigenvalue weighted by molar-refractivity contribution is 6.01. The second-order valence-corrected chi connectivity index (χ2v) is 5.73. The molecule has 4 heteroatoms. The molecule has 1 atom stereocenters. The first-order valence-electron chi connectivity index (χ1n) is 7.37. The Morgan fingerprint density at radius 3 is 2.85 bits per heavy atom. The first kappa shape index (κ1) is 13.2. The number of aromatic carboxylic acids is 1. The Labute approximate surface area is 118 Å². The van der Waals surface area contributed by atoms with E-state index in [9.17, 15) is 9.90 Å². The molecular weight excluding hydrogens is 252 g/mol. The molecular formula is C16H20N2O2. The first-order chi connectivity index (χ1) is 9.63. The Kier molecular flexibility index (Phi) is 3.24. The second-order valence-electron chi connectivity index (χ2n) is 5.73. The van der Waals surface area contributed by atoms with E-state index in [0.29, 0.717) is 17.5 Å². The van der Waals surface area contributed by atoms with E-state index in [-0.39, 0.29) is 0 Å². The van der Waals surface area contributed by atoms with Gasteiger partial charge in [0.1, 0.15) is 5.82 Å². The number of para-hydroxylation sites is 1. The SMILES string of the molecule is CCCC(C)n1c(C2CC2)nc2cccc(C(=O)O)c21. The highest BCUT2D eigenvalue weighted by Gasteiger charge is 2.32. The van der Waals surface area contributed by atoms with Crippen LogP contribution < -0.4 is 0 Å². The number of carboxylic acid groups (broad SMARTS) is 1. The summed E-state index contributed by atoms with van der Waals surface area (Å²) >= 11 is 0. The quantitative estimate of drug-likeness (QED) is 0.895. The lowest BCUT2D eigenvalue weighted by Crippen LogP contribution is -2.11. The van der Waals surface area contributed by atoms with Crippen LogP contribution in [0.4, 0.5) is 0 Å². The van der Waals surface area contributed by atoms with Crippen molar-refractivity contribution in [1.82, 2.24) is 9.55 Å². The van der Waals surface area contributed by atoms with Crippen LogP contribution in [0.1, 0.15) is 67.7 Å². The minimum atomic E-state index is -0.872. The van der Waals surface area contributed by atoms with Crippen molar-refractivity contribution in [2.24, 2.45) is 0 Å². The molecule has 1 N–H and O–H groups in total. The van der Waals surface area contributed by atoms with Crippen LogP contribution in [0.2, 0.25) is 0 Å². The number of hydrogen-bond donors (Lipinski definition) is 1. The van der Waals surface area contributed by atoms with Gasteiger partial charge in [-0.2, -0.15) is 0 Å². The van der Waals surface area contributed by atoms with Crippen molar-refractivity contribution < 1.29 is 9.90 Å². The van der Waals surface area contributed by atoms with Crippen molar-refractivity contribution >= 4 is 17.0 Å². The van der Waals surface area contributed by atoms with E-state index in [2.05, 4.69) is 18.4 Å². The highest BCUT2D eigenvalue weighted by atomic mass is 16.4. The van der Waals surface area contributed by atoms with Gasteiger partial charge in [-0.1, -0.05) is 19.4 Å². The van der Waals surface area contributed by atoms with Gasteiger partial charge in [0.05, 0.1) is 16.6 Å². The molecule has 1 unspecified atom stereocenters. The second kappa shape index (κ2) is 4.93. The van der Waals surface area contributed by atoms with E-state index in [4.69, 9.17) is 4.98 Å². The van der Waals surface area contributed by atoms with Crippen molar-refractivity contribution in [2.45, 2.75) is 51.5 Å². The van der Waals surface area contributed by atoms with Crippen LogP contribution >= 0.6 is 0 Å². The van der Waals surface area contributed by atoms with Gasteiger partial charge in [0.15, 0.2) is 0 Å². The van der Waals surface area contributed by atoms with Crippen LogP contribution in [0.3, 0.4) is 0 Å². The Morgan fingerprint density at radius 2 is 2.25 bits per heavy atom. The van der Waals surface area contributed by atoms with E-state index < -0.39 is 5.97 Å². The van der Waals surface area contributed by atoms with Crippen LogP contribution in [0, 0.1) is 0 Å². The molecule has 1 saturated carbocycles. The van der Waals surface area contributed by atoms with Gasteiger partial charge < -0.3 is 9.67 Å². The minimum absolute atomic E-state index is 0.293. The summed E-state index contributed by atoms with van der Waals surface area (Å²) in [5.74, 6) is 0.723. The van der Waals surface area contributed by atoms with E-state index in [1.54, 1.807) is 12.1 Å². The Morgan fingerprint density at radius 1 is 1.50 bits per heavy atom. The molecule has 1 aliphatic carbocycles. The molecule has 0 spiro atoms. The summed E-state index contributed by atoms with van der Waals surface area (Å²) in [4.78, 5) is 16.2. The summed E-state index contributed by atoms with van der Waals surface area (Å²) in [6.07, 6.45) is 4.47. The number of fused-ring (bicyclic) bond motifs is 1. The fourth-order valence-electron chi connectivity index (χ4n) is 2.96. The van der Waals surface area contributed by atoms with Gasteiger partial charge in [-0.25, -0.2) is 9.78 Å². The number of nitrogens with zero attached hydrogens (tertiary/aromatic N) is 2. The van der Waals surface area contributed by atoms with E-state index in [1.807, 2.05) is 6.07 Å². The van der Waals surface area contributed by atoms with Crippen LogP contribution in [0.15, 0.2) is 18.2 Å². The Hall–Kier alpha value is -1.84. The van der Waals surface area contributed by atoms with Crippen molar-refractivity contribution in [3.05, 3.63) is 29.6 Å². The van der Waals surface area contributed by atoms with E-state index >= 15 is 0 Å². The minimum Gasteiger partial charge on any atom is -0.478 e. The lowest BCUT2D eigenvalue weighted by atomic mass is 10.1. The first-order valence-corrected chi connectivity index (χ1v) is 7.37. The monoisotopic (exact) mass is 272 g/mol. The lowest BCUT2D eigenvalue weighted by Gasteiger charge is -2.17. The fourth-order valence-corrected chi connectivity index (χ4v) is 2.96. The third-order valence-corrected chi connectivity index (χ3v) is 4.06. The topological polar surface area (TPSA) is 55.1 Å². The van der Waals surface area contributed by atoms with Crippen molar-refractivity contribution in [1.29, 1.82) is 0 Å². The molecule has 1 fully saturated rings. The van der Waals surface area contributed by atoms with Gasteiger partial charge in [0.2, 0.25) is 0 Å². The molecule has 2 aromatic rings. The molecule has 1 aromatic heterocycles. The molecule has 0 bridgehead atoms. The molecule has 0 amide bonds. The van der Waals surface area contributed by atoms with Crippen molar-refractivity contribution in [3.63, 3.8) is 0 Å². The average molecular weight is 272 g/mol. The summed E-state index contributed by atoms with van der Waals surface area (Å²) in [5.41, 5.74) is 1.97. The summed E-state index contributed by atoms with van der Waals surface area (Å²) in [7, 11) is 0. The number of hydrogen-bond acceptors (Lipinski definition) is 2. The molecule has 4 nitrogen and oxygen atoms in total. The number of carboxylic acids is 1. The van der Waals surface area contributed by atoms with Gasteiger partial charge in [-0.05, 0) is 38.3 Å². The van der Waals surface area contributed by atoms with Gasteiger partial charge in [0, 0.05) is 12.0 Å². The van der Waals surface area contributed by atoms with Gasteiger partial charge in [-0.15, -0.1) is 0 Å². The van der Waals surface area contributed by atoms with Crippen LogP contribution in [0.25, 0.3) is 11.0 Å². The van der Waals surface area contributed by atoms with E-state index in [1.165, 1.54) is 12.8 Å². The normalized spacial score (nSPS) is 16.5. The summed E-state index contributed by atoms with van der Waals surface area (Å²) in [6, 6.07) is 5.67. The van der Waals surface area contributed by atoms with E-state index in [0.717, 1.165) is 29.7 Å². The van der Waals surface area contributed by atoms with Crippen LogP contribution in [-0.2, 0) is 0 Å². The largest absolute Gasteiger partial charge is 0.478 e. The molecule has 3 rings (SSSR count). The van der Waals surface area contributed by atoms with Crippen LogP contribution in [-0.4, -0.2) is 20.6 Å². The standard InChI is InChI=1S/C16H20N2O2/c1-3-5-10(2)18-14-12(16(19)20)6-4-7-13(14)17-15(18)11-8-9-11/h4,6-7,10-11H,3,5,8-9H2,1-2H3,(H,19,20). The zero-order valence-electron chi connectivity index (χ0n) is 12.0. The maximum Gasteiger partial charge on any atom is 0.337 e. The Balaban J connectivity index is 2.25. The zero-order chi connectivity index (χ0) is 14.3. The molecule has 0 aliphatic heterocycles. The number of imidazole rings is 1. The highest BCUT2D eigenvalue weighted by Crippen LogP contribution is 2.42. The predicted molar refractivity (Wildman–Crippen MR) is 78.3 cm³/mol. The number of carbonyl (C=O) groups is 1. The molecule has 1 heterocycles. The van der Waals surface area contributed by atoms with Gasteiger partial charge >= 0.3 is 5.97 Å². The summed E-state index contributed by atoms with van der Waals surface area (Å²) in [6.45, 7) is 4.32. The maximum absolute atomic E-state index is 11.5. The molecule has 106 valence electrons. The lowest BCUT2D eigenvalue weighted by molar-refractivity contribution is 0.0698. The predicted octanol–water partition coefficient (Wildman–Crippen LogP) is 3.97. The average Bonchev–Trinajstić information content (AvgIpc) is 3.18. The third kappa shape index (κ3) is 2.09. The van der Waals surface area contributed by atoms with Crippen molar-refractivity contribution in [2.75, 3.05) is 0 Å². The number of aromatic nitrogens is 2. The molecule has 20 heavy (non-hydrogen) atoms. The molecule has 0 saturated heterocycles. The Bertz CT molecular complexity index is 656. The fraction of sp³-hybridized carbons (Fsp3) is 0.500.